The van der Waals surface area contributed by atoms with Gasteiger partial charge in [-0.1, -0.05) is 52.4 Å². The van der Waals surface area contributed by atoms with Crippen LogP contribution in [-0.4, -0.2) is 0 Å². The smallest absolute Gasteiger partial charge is 0.343 e. The molecule has 0 radical (unpaired) electrons. The van der Waals surface area contributed by atoms with Crippen molar-refractivity contribution in [2.24, 2.45) is 0 Å². The first-order valence-corrected chi connectivity index (χ1v) is 5.41. The van der Waals surface area contributed by atoms with E-state index in [1.807, 2.05) is 0 Å². The van der Waals surface area contributed by atoms with E-state index >= 15 is 0 Å². The summed E-state index contributed by atoms with van der Waals surface area (Å²) in [6.07, 6.45) is 10.3. The van der Waals surface area contributed by atoms with E-state index in [0.29, 0.717) is 0 Å². The number of hydrogen-bond donors (Lipinski definition) is 0. The Bertz CT molecular complexity index is 45.1. The summed E-state index contributed by atoms with van der Waals surface area (Å²) >= 11 is 0. The molecule has 0 saturated heterocycles. The van der Waals surface area contributed by atoms with Crippen LogP contribution in [0.4, 0.5) is 0 Å². The van der Waals surface area contributed by atoms with Gasteiger partial charge < -0.3 is 13.8 Å². The average Bonchev–Trinajstić information content (AvgIpc) is 2.13. The predicted octanol–water partition coefficient (Wildman–Crippen LogP) is 4.80. The molecule has 0 fully saturated rings. The molecule has 0 heterocycles. The molecule has 13 heavy (non-hydrogen) atoms. The van der Waals surface area contributed by atoms with Gasteiger partial charge in [-0.2, -0.15) is 12.8 Å². The fraction of sp³-hybridized carbons (Fsp3) is 0.833. The minimum absolute atomic E-state index is 0. The minimum atomic E-state index is 0. The van der Waals surface area contributed by atoms with Crippen LogP contribution in [0.25, 0.3) is 0 Å². The van der Waals surface area contributed by atoms with E-state index in [-0.39, 0.29) is 19.5 Å². The van der Waals surface area contributed by atoms with Crippen LogP contribution in [0, 0.1) is 13.8 Å². The number of rotatable bonds is 6. The fourth-order valence-electron chi connectivity index (χ4n) is 0.780. The van der Waals surface area contributed by atoms with Crippen LogP contribution < -0.4 is 0 Å². The SMILES string of the molecule is [CH2-]CCC.[CH2-]CCCCCCC.[Zn+2]. The van der Waals surface area contributed by atoms with Gasteiger partial charge >= 0.3 is 19.5 Å². The Morgan fingerprint density at radius 1 is 0.692 bits per heavy atom. The van der Waals surface area contributed by atoms with Crippen molar-refractivity contribution in [2.45, 2.75) is 65.2 Å². The van der Waals surface area contributed by atoms with E-state index in [1.54, 1.807) is 0 Å². The molecule has 1 heteroatoms. The van der Waals surface area contributed by atoms with Crippen molar-refractivity contribution in [3.8, 4) is 0 Å². The third kappa shape index (κ3) is 32.5. The predicted molar refractivity (Wildman–Crippen MR) is 59.0 cm³/mol. The van der Waals surface area contributed by atoms with Crippen LogP contribution >= 0.6 is 0 Å². The van der Waals surface area contributed by atoms with Gasteiger partial charge in [-0.25, -0.2) is 0 Å². The maximum Gasteiger partial charge on any atom is 2.00 e. The molecular weight excluding hydrogens is 210 g/mol. The molecule has 0 amide bonds. The molecule has 0 unspecified atom stereocenters. The largest absolute Gasteiger partial charge is 2.00 e. The quantitative estimate of drug-likeness (QED) is 0.353. The molecule has 0 aromatic rings. The van der Waals surface area contributed by atoms with E-state index in [9.17, 15) is 0 Å². The fourth-order valence-corrected chi connectivity index (χ4v) is 0.780. The Morgan fingerprint density at radius 2 is 1.15 bits per heavy atom. The summed E-state index contributed by atoms with van der Waals surface area (Å²) in [7, 11) is 0. The van der Waals surface area contributed by atoms with Gasteiger partial charge in [0.1, 0.15) is 0 Å². The van der Waals surface area contributed by atoms with E-state index in [1.165, 1.54) is 38.5 Å². The molecule has 0 aliphatic rings. The Balaban J connectivity index is -0.000000173. The topological polar surface area (TPSA) is 0 Å². The van der Waals surface area contributed by atoms with Crippen LogP contribution in [0.1, 0.15) is 65.2 Å². The van der Waals surface area contributed by atoms with Crippen molar-refractivity contribution in [3.05, 3.63) is 13.8 Å². The zero-order chi connectivity index (χ0) is 9.66. The first kappa shape index (κ1) is 19.2. The third-order valence-electron chi connectivity index (χ3n) is 1.71. The standard InChI is InChI=1S/C8H17.C4H9.Zn/c1-3-5-7-8-6-4-2;1-3-4-2;/h1,3-8H2,2H3;1,3-4H2,2H3;/q2*-1;+2. The van der Waals surface area contributed by atoms with Crippen molar-refractivity contribution in [1.29, 1.82) is 0 Å². The molecule has 76 valence electrons. The van der Waals surface area contributed by atoms with Gasteiger partial charge in [0, 0.05) is 0 Å². The molecule has 0 aliphatic carbocycles. The van der Waals surface area contributed by atoms with Crippen molar-refractivity contribution < 1.29 is 19.5 Å². The zero-order valence-electron chi connectivity index (χ0n) is 9.78. The van der Waals surface area contributed by atoms with Gasteiger partial charge in [0.15, 0.2) is 0 Å². The van der Waals surface area contributed by atoms with Crippen molar-refractivity contribution in [1.82, 2.24) is 0 Å². The summed E-state index contributed by atoms with van der Waals surface area (Å²) in [6.45, 7) is 11.7. The summed E-state index contributed by atoms with van der Waals surface area (Å²) in [5, 5.41) is 0. The van der Waals surface area contributed by atoms with Gasteiger partial charge in [0.25, 0.3) is 0 Å². The summed E-state index contributed by atoms with van der Waals surface area (Å²) in [5.41, 5.74) is 0. The molecule has 0 bridgehead atoms. The van der Waals surface area contributed by atoms with Gasteiger partial charge in [0.2, 0.25) is 0 Å². The van der Waals surface area contributed by atoms with Gasteiger partial charge in [0.05, 0.1) is 0 Å². The zero-order valence-corrected chi connectivity index (χ0v) is 12.7. The first-order chi connectivity index (χ1) is 5.83. The molecule has 0 N–H and O–H groups in total. The summed E-state index contributed by atoms with van der Waals surface area (Å²) in [5.74, 6) is 0. The molecular formula is C12H26Zn. The Hall–Kier alpha value is 0.623. The summed E-state index contributed by atoms with van der Waals surface area (Å²) in [6, 6.07) is 0. The third-order valence-corrected chi connectivity index (χ3v) is 1.71. The Morgan fingerprint density at radius 3 is 1.46 bits per heavy atom. The van der Waals surface area contributed by atoms with Gasteiger partial charge in [-0.15, -0.1) is 0 Å². The molecule has 0 aliphatic heterocycles. The number of hydrogen-bond acceptors (Lipinski definition) is 0. The van der Waals surface area contributed by atoms with Crippen LogP contribution in [0.3, 0.4) is 0 Å². The molecule has 0 aromatic heterocycles. The second-order valence-corrected chi connectivity index (χ2v) is 3.12. The van der Waals surface area contributed by atoms with Crippen LogP contribution in [0.2, 0.25) is 0 Å². The van der Waals surface area contributed by atoms with Gasteiger partial charge in [-0.05, 0) is 0 Å². The second kappa shape index (κ2) is 22.9. The molecule has 0 nitrogen and oxygen atoms in total. The van der Waals surface area contributed by atoms with Crippen molar-refractivity contribution >= 4 is 0 Å². The normalized spacial score (nSPS) is 8.31. The molecule has 0 spiro atoms. The summed E-state index contributed by atoms with van der Waals surface area (Å²) in [4.78, 5) is 0. The van der Waals surface area contributed by atoms with Crippen molar-refractivity contribution in [2.75, 3.05) is 0 Å². The Labute approximate surface area is 98.6 Å². The van der Waals surface area contributed by atoms with E-state index in [0.717, 1.165) is 12.8 Å². The van der Waals surface area contributed by atoms with Crippen LogP contribution in [-0.2, 0) is 19.5 Å². The summed E-state index contributed by atoms with van der Waals surface area (Å²) < 4.78 is 0. The minimum Gasteiger partial charge on any atom is -0.343 e. The van der Waals surface area contributed by atoms with Gasteiger partial charge in [-0.3, -0.25) is 0 Å². The monoisotopic (exact) mass is 234 g/mol. The maximum absolute atomic E-state index is 3.78. The van der Waals surface area contributed by atoms with Crippen LogP contribution in [0.15, 0.2) is 0 Å². The average molecular weight is 236 g/mol. The van der Waals surface area contributed by atoms with Crippen LogP contribution in [0.5, 0.6) is 0 Å². The molecule has 0 rings (SSSR count). The Kier molecular flexibility index (Phi) is 33.9. The van der Waals surface area contributed by atoms with E-state index < -0.39 is 0 Å². The maximum atomic E-state index is 3.78. The first-order valence-electron chi connectivity index (χ1n) is 5.41. The second-order valence-electron chi connectivity index (χ2n) is 3.12. The number of unbranched alkanes of at least 4 members (excludes halogenated alkanes) is 6. The van der Waals surface area contributed by atoms with Crippen molar-refractivity contribution in [3.63, 3.8) is 0 Å². The molecule has 0 aromatic carbocycles. The van der Waals surface area contributed by atoms with E-state index in [2.05, 4.69) is 27.7 Å². The molecule has 0 saturated carbocycles. The molecule has 0 atom stereocenters. The van der Waals surface area contributed by atoms with E-state index in [4.69, 9.17) is 0 Å².